The molecule has 1 fully saturated rings. The van der Waals surface area contributed by atoms with Crippen LogP contribution in [0, 0.1) is 0 Å². The predicted octanol–water partition coefficient (Wildman–Crippen LogP) is 3.52. The van der Waals surface area contributed by atoms with Crippen LogP contribution < -0.4 is 20.7 Å². The molecule has 0 unspecified atom stereocenters. The largest absolute Gasteiger partial charge is 0.484 e. The average molecular weight is 543 g/mol. The van der Waals surface area contributed by atoms with Crippen molar-refractivity contribution in [2.75, 3.05) is 20.2 Å². The van der Waals surface area contributed by atoms with E-state index in [-0.39, 0.29) is 36.5 Å². The third-order valence-electron chi connectivity index (χ3n) is 4.57. The SMILES string of the molecule is CN=C(NCCc1ccc(OCC(=O)NC2CC2)cc1)NCc1ccccc1Cl.I. The standard InChI is InChI=1S/C22H27ClN4O2.HI/c1-24-22(26-14-17-4-2-3-5-20(17)23)25-13-12-16-6-10-19(11-7-16)29-15-21(28)27-18-8-9-18;/h2-7,10-11,18H,8-9,12-15H2,1H3,(H,27,28)(H2,24,25,26);1H. The van der Waals surface area contributed by atoms with Crippen LogP contribution in [0.25, 0.3) is 0 Å². The highest BCUT2D eigenvalue weighted by Gasteiger charge is 2.23. The van der Waals surface area contributed by atoms with Gasteiger partial charge in [0.2, 0.25) is 0 Å². The molecule has 0 radical (unpaired) electrons. The summed E-state index contributed by atoms with van der Waals surface area (Å²) in [6.45, 7) is 1.41. The number of benzene rings is 2. The second kappa shape index (κ2) is 12.6. The fourth-order valence-corrected chi connectivity index (χ4v) is 2.97. The van der Waals surface area contributed by atoms with E-state index < -0.39 is 0 Å². The molecule has 1 saturated carbocycles. The smallest absolute Gasteiger partial charge is 0.258 e. The van der Waals surface area contributed by atoms with Crippen molar-refractivity contribution in [3.8, 4) is 5.75 Å². The number of ether oxygens (including phenoxy) is 1. The molecule has 0 aromatic heterocycles. The van der Waals surface area contributed by atoms with Gasteiger partial charge in [-0.2, -0.15) is 0 Å². The van der Waals surface area contributed by atoms with Gasteiger partial charge in [-0.15, -0.1) is 24.0 Å². The van der Waals surface area contributed by atoms with Crippen molar-refractivity contribution < 1.29 is 9.53 Å². The Morgan fingerprint density at radius 1 is 1.13 bits per heavy atom. The zero-order valence-corrected chi connectivity index (χ0v) is 20.1. The van der Waals surface area contributed by atoms with Crippen LogP contribution in [0.2, 0.25) is 5.02 Å². The lowest BCUT2D eigenvalue weighted by Gasteiger charge is -2.13. The molecule has 162 valence electrons. The highest BCUT2D eigenvalue weighted by Crippen LogP contribution is 2.18. The molecule has 3 N–H and O–H groups in total. The molecule has 1 aliphatic carbocycles. The third kappa shape index (κ3) is 8.39. The fraction of sp³-hybridized carbons (Fsp3) is 0.364. The van der Waals surface area contributed by atoms with Gasteiger partial charge in [-0.3, -0.25) is 9.79 Å². The molecular formula is C22H28ClIN4O2. The summed E-state index contributed by atoms with van der Waals surface area (Å²) in [5.74, 6) is 1.37. The van der Waals surface area contributed by atoms with Gasteiger partial charge in [0.1, 0.15) is 5.75 Å². The lowest BCUT2D eigenvalue weighted by molar-refractivity contribution is -0.123. The van der Waals surface area contributed by atoms with Crippen LogP contribution in [0.3, 0.4) is 0 Å². The van der Waals surface area contributed by atoms with Crippen LogP contribution >= 0.6 is 35.6 Å². The molecular weight excluding hydrogens is 515 g/mol. The minimum absolute atomic E-state index is 0. The normalized spacial score (nSPS) is 13.2. The number of aliphatic imine (C=N–C) groups is 1. The number of hydrogen-bond donors (Lipinski definition) is 3. The van der Waals surface area contributed by atoms with E-state index >= 15 is 0 Å². The Labute approximate surface area is 199 Å². The Balaban J connectivity index is 0.00000320. The monoisotopic (exact) mass is 542 g/mol. The van der Waals surface area contributed by atoms with Crippen molar-refractivity contribution in [2.45, 2.75) is 31.8 Å². The number of nitrogens with zero attached hydrogens (tertiary/aromatic N) is 1. The lowest BCUT2D eigenvalue weighted by Crippen LogP contribution is -2.37. The first-order valence-electron chi connectivity index (χ1n) is 9.83. The van der Waals surface area contributed by atoms with E-state index in [2.05, 4.69) is 20.9 Å². The van der Waals surface area contributed by atoms with Gasteiger partial charge in [0.15, 0.2) is 12.6 Å². The minimum Gasteiger partial charge on any atom is -0.484 e. The van der Waals surface area contributed by atoms with Gasteiger partial charge in [0.05, 0.1) is 0 Å². The van der Waals surface area contributed by atoms with Crippen LogP contribution in [-0.4, -0.2) is 38.1 Å². The maximum absolute atomic E-state index is 11.7. The molecule has 0 bridgehead atoms. The number of carbonyl (C=O) groups excluding carboxylic acids is 1. The van der Waals surface area contributed by atoms with E-state index in [0.29, 0.717) is 18.3 Å². The number of hydrogen-bond acceptors (Lipinski definition) is 3. The maximum Gasteiger partial charge on any atom is 0.258 e. The summed E-state index contributed by atoms with van der Waals surface area (Å²) in [6, 6.07) is 15.9. The number of guanidine groups is 1. The molecule has 0 aliphatic heterocycles. The van der Waals surface area contributed by atoms with Crippen molar-refractivity contribution in [1.82, 2.24) is 16.0 Å². The van der Waals surface area contributed by atoms with Crippen molar-refractivity contribution in [3.05, 3.63) is 64.7 Å². The van der Waals surface area contributed by atoms with Crippen LogP contribution in [0.4, 0.5) is 0 Å². The van der Waals surface area contributed by atoms with E-state index in [1.54, 1.807) is 7.05 Å². The summed E-state index contributed by atoms with van der Waals surface area (Å²) in [6.07, 6.45) is 3.00. The number of rotatable bonds is 9. The molecule has 1 aliphatic rings. The summed E-state index contributed by atoms with van der Waals surface area (Å²) in [7, 11) is 1.74. The van der Waals surface area contributed by atoms with E-state index in [1.807, 2.05) is 48.5 Å². The second-order valence-electron chi connectivity index (χ2n) is 6.97. The van der Waals surface area contributed by atoms with Crippen LogP contribution in [0.1, 0.15) is 24.0 Å². The van der Waals surface area contributed by atoms with Crippen molar-refractivity contribution in [3.63, 3.8) is 0 Å². The maximum atomic E-state index is 11.7. The zero-order valence-electron chi connectivity index (χ0n) is 17.0. The first kappa shape index (κ1) is 24.3. The Morgan fingerprint density at radius 3 is 2.53 bits per heavy atom. The van der Waals surface area contributed by atoms with E-state index in [4.69, 9.17) is 16.3 Å². The van der Waals surface area contributed by atoms with E-state index in [0.717, 1.165) is 42.4 Å². The van der Waals surface area contributed by atoms with Gasteiger partial charge < -0.3 is 20.7 Å². The Morgan fingerprint density at radius 2 is 1.87 bits per heavy atom. The molecule has 3 rings (SSSR count). The van der Waals surface area contributed by atoms with Crippen LogP contribution in [-0.2, 0) is 17.8 Å². The number of carbonyl (C=O) groups is 1. The molecule has 0 heterocycles. The Kier molecular flexibility index (Phi) is 10.2. The van der Waals surface area contributed by atoms with E-state index in [1.165, 1.54) is 5.56 Å². The van der Waals surface area contributed by atoms with Gasteiger partial charge in [-0.1, -0.05) is 41.9 Å². The molecule has 2 aromatic carbocycles. The average Bonchev–Trinajstić information content (AvgIpc) is 3.55. The number of nitrogens with one attached hydrogen (secondary N) is 3. The van der Waals surface area contributed by atoms with Crippen molar-refractivity contribution in [2.24, 2.45) is 4.99 Å². The molecule has 8 heteroatoms. The van der Waals surface area contributed by atoms with Gasteiger partial charge in [0.25, 0.3) is 5.91 Å². The second-order valence-corrected chi connectivity index (χ2v) is 7.38. The zero-order chi connectivity index (χ0) is 20.5. The molecule has 30 heavy (non-hydrogen) atoms. The molecule has 0 atom stereocenters. The topological polar surface area (TPSA) is 74.8 Å². The van der Waals surface area contributed by atoms with Gasteiger partial charge in [0, 0.05) is 31.2 Å². The van der Waals surface area contributed by atoms with Crippen LogP contribution in [0.15, 0.2) is 53.5 Å². The van der Waals surface area contributed by atoms with Gasteiger partial charge in [-0.25, -0.2) is 0 Å². The lowest BCUT2D eigenvalue weighted by atomic mass is 10.1. The highest BCUT2D eigenvalue weighted by atomic mass is 127. The minimum atomic E-state index is -0.0588. The number of amides is 1. The molecule has 1 amide bonds. The van der Waals surface area contributed by atoms with Crippen LogP contribution in [0.5, 0.6) is 5.75 Å². The van der Waals surface area contributed by atoms with E-state index in [9.17, 15) is 4.79 Å². The fourth-order valence-electron chi connectivity index (χ4n) is 2.76. The number of halogens is 2. The van der Waals surface area contributed by atoms with Gasteiger partial charge in [-0.05, 0) is 48.6 Å². The Hall–Kier alpha value is -2.00. The predicted molar refractivity (Wildman–Crippen MR) is 132 cm³/mol. The summed E-state index contributed by atoms with van der Waals surface area (Å²) in [5, 5.41) is 10.2. The first-order chi connectivity index (χ1) is 14.1. The van der Waals surface area contributed by atoms with Gasteiger partial charge >= 0.3 is 0 Å². The third-order valence-corrected chi connectivity index (χ3v) is 4.94. The van der Waals surface area contributed by atoms with Crippen molar-refractivity contribution in [1.29, 1.82) is 0 Å². The summed E-state index contributed by atoms with van der Waals surface area (Å²) in [4.78, 5) is 15.9. The van der Waals surface area contributed by atoms with Crippen molar-refractivity contribution >= 4 is 47.4 Å². The quantitative estimate of drug-likeness (QED) is 0.258. The summed E-state index contributed by atoms with van der Waals surface area (Å²) in [5.41, 5.74) is 2.20. The highest BCUT2D eigenvalue weighted by molar-refractivity contribution is 14.0. The summed E-state index contributed by atoms with van der Waals surface area (Å²) < 4.78 is 5.53. The molecule has 0 spiro atoms. The first-order valence-corrected chi connectivity index (χ1v) is 10.2. The summed E-state index contributed by atoms with van der Waals surface area (Å²) >= 11 is 6.18. The molecule has 0 saturated heterocycles. The molecule has 2 aromatic rings. The molecule has 6 nitrogen and oxygen atoms in total. The Bertz CT molecular complexity index is 841.